The molecule has 90 valence electrons. The van der Waals surface area contributed by atoms with Gasteiger partial charge in [-0.15, -0.1) is 0 Å². The van der Waals surface area contributed by atoms with E-state index in [0.29, 0.717) is 0 Å². The van der Waals surface area contributed by atoms with Crippen LogP contribution in [-0.2, 0) is 0 Å². The van der Waals surface area contributed by atoms with Crippen LogP contribution < -0.4 is 5.32 Å². The molecule has 2 fully saturated rings. The van der Waals surface area contributed by atoms with Crippen LogP contribution in [0.25, 0.3) is 0 Å². The lowest BCUT2D eigenvalue weighted by molar-refractivity contribution is 0.271. The molecule has 1 nitrogen and oxygen atoms in total. The van der Waals surface area contributed by atoms with Gasteiger partial charge in [-0.25, -0.2) is 0 Å². The van der Waals surface area contributed by atoms with E-state index in [1.165, 1.54) is 38.5 Å². The van der Waals surface area contributed by atoms with Crippen molar-refractivity contribution >= 4 is 0 Å². The van der Waals surface area contributed by atoms with E-state index < -0.39 is 0 Å². The molecular weight excluding hydrogens is 194 g/mol. The van der Waals surface area contributed by atoms with E-state index in [1.807, 2.05) is 0 Å². The Bertz CT molecular complexity index is 281. The molecule has 4 atom stereocenters. The monoisotopic (exact) mass is 219 g/mol. The Morgan fingerprint density at radius 1 is 1.38 bits per heavy atom. The first-order valence-corrected chi connectivity index (χ1v) is 7.30. The number of rotatable bonds is 4. The number of nitrogens with one attached hydrogen (secondary N) is 1. The Labute approximate surface area is 99.7 Å². The van der Waals surface area contributed by atoms with Crippen LogP contribution in [0.5, 0.6) is 0 Å². The predicted molar refractivity (Wildman–Crippen MR) is 68.3 cm³/mol. The summed E-state index contributed by atoms with van der Waals surface area (Å²) in [6.45, 7) is 3.39. The summed E-state index contributed by atoms with van der Waals surface area (Å²) in [7, 11) is 0. The van der Waals surface area contributed by atoms with Crippen LogP contribution in [0.1, 0.15) is 51.9 Å². The molecule has 0 heterocycles. The molecule has 0 amide bonds. The van der Waals surface area contributed by atoms with Gasteiger partial charge < -0.3 is 5.32 Å². The summed E-state index contributed by atoms with van der Waals surface area (Å²) in [5, 5.41) is 3.78. The molecule has 1 heteroatoms. The molecule has 0 aromatic carbocycles. The molecule has 2 bridgehead atoms. The fourth-order valence-electron chi connectivity index (χ4n) is 4.46. The van der Waals surface area contributed by atoms with Crippen molar-refractivity contribution < 1.29 is 0 Å². The van der Waals surface area contributed by atoms with Gasteiger partial charge >= 0.3 is 0 Å². The molecule has 3 rings (SSSR count). The maximum atomic E-state index is 3.78. The van der Waals surface area contributed by atoms with Crippen LogP contribution in [0.3, 0.4) is 0 Å². The second-order valence-corrected chi connectivity index (χ2v) is 6.05. The highest BCUT2D eigenvalue weighted by Gasteiger charge is 2.43. The summed E-state index contributed by atoms with van der Waals surface area (Å²) >= 11 is 0. The zero-order chi connectivity index (χ0) is 11.0. The maximum Gasteiger partial charge on any atom is 0.0310 e. The van der Waals surface area contributed by atoms with Gasteiger partial charge in [0, 0.05) is 6.04 Å². The molecule has 0 aromatic heterocycles. The molecule has 3 aliphatic carbocycles. The molecule has 0 saturated heterocycles. The Morgan fingerprint density at radius 3 is 2.88 bits per heavy atom. The molecule has 2 saturated carbocycles. The zero-order valence-corrected chi connectivity index (χ0v) is 10.5. The first kappa shape index (κ1) is 10.8. The van der Waals surface area contributed by atoms with Crippen molar-refractivity contribution in [1.82, 2.24) is 5.32 Å². The second-order valence-electron chi connectivity index (χ2n) is 6.05. The molecule has 1 N–H and O–H groups in total. The molecule has 0 aromatic rings. The standard InChI is InChI=1S/C15H25N/c1-2-16-15(12-5-3-4-6-12)14-10-11-7-8-13(14)9-11/h5,11,13-16H,2-4,6-10H2,1H3. The van der Waals surface area contributed by atoms with Crippen LogP contribution in [0.4, 0.5) is 0 Å². The van der Waals surface area contributed by atoms with Gasteiger partial charge in [-0.05, 0) is 62.8 Å². The highest BCUT2D eigenvalue weighted by Crippen LogP contribution is 2.51. The molecular formula is C15H25N. The van der Waals surface area contributed by atoms with Crippen molar-refractivity contribution in [3.63, 3.8) is 0 Å². The van der Waals surface area contributed by atoms with Gasteiger partial charge in [0.05, 0.1) is 0 Å². The summed E-state index contributed by atoms with van der Waals surface area (Å²) in [6, 6.07) is 0.739. The third kappa shape index (κ3) is 1.84. The van der Waals surface area contributed by atoms with Gasteiger partial charge in [-0.1, -0.05) is 25.0 Å². The highest BCUT2D eigenvalue weighted by molar-refractivity contribution is 5.18. The Balaban J connectivity index is 1.72. The van der Waals surface area contributed by atoms with Crippen molar-refractivity contribution in [1.29, 1.82) is 0 Å². The summed E-state index contributed by atoms with van der Waals surface area (Å²) in [4.78, 5) is 0. The van der Waals surface area contributed by atoms with Gasteiger partial charge in [0.2, 0.25) is 0 Å². The average Bonchev–Trinajstić information content (AvgIpc) is 3.01. The smallest absolute Gasteiger partial charge is 0.0310 e. The Hall–Kier alpha value is -0.300. The quantitative estimate of drug-likeness (QED) is 0.713. The summed E-state index contributed by atoms with van der Waals surface area (Å²) in [6.07, 6.45) is 12.7. The Kier molecular flexibility index (Phi) is 3.06. The predicted octanol–water partition coefficient (Wildman–Crippen LogP) is 3.51. The van der Waals surface area contributed by atoms with E-state index in [2.05, 4.69) is 18.3 Å². The first-order chi connectivity index (χ1) is 7.88. The molecule has 4 unspecified atom stereocenters. The number of likely N-dealkylation sites (N-methyl/N-ethyl adjacent to an activating group) is 1. The third-order valence-electron chi connectivity index (χ3n) is 5.12. The van der Waals surface area contributed by atoms with Crippen molar-refractivity contribution in [2.24, 2.45) is 17.8 Å². The lowest BCUT2D eigenvalue weighted by Gasteiger charge is -2.32. The van der Waals surface area contributed by atoms with E-state index in [4.69, 9.17) is 0 Å². The fourth-order valence-corrected chi connectivity index (χ4v) is 4.46. The number of fused-ring (bicyclic) bond motifs is 2. The van der Waals surface area contributed by atoms with Crippen molar-refractivity contribution in [3.05, 3.63) is 11.6 Å². The van der Waals surface area contributed by atoms with Crippen LogP contribution in [0.2, 0.25) is 0 Å². The van der Waals surface area contributed by atoms with Gasteiger partial charge in [-0.2, -0.15) is 0 Å². The van der Waals surface area contributed by atoms with Crippen LogP contribution in [-0.4, -0.2) is 12.6 Å². The average molecular weight is 219 g/mol. The van der Waals surface area contributed by atoms with E-state index in [-0.39, 0.29) is 0 Å². The van der Waals surface area contributed by atoms with Gasteiger partial charge in [0.25, 0.3) is 0 Å². The number of hydrogen-bond donors (Lipinski definition) is 1. The minimum absolute atomic E-state index is 0.739. The first-order valence-electron chi connectivity index (χ1n) is 7.30. The zero-order valence-electron chi connectivity index (χ0n) is 10.5. The molecule has 16 heavy (non-hydrogen) atoms. The number of hydrogen-bond acceptors (Lipinski definition) is 1. The summed E-state index contributed by atoms with van der Waals surface area (Å²) < 4.78 is 0. The lowest BCUT2D eigenvalue weighted by Crippen LogP contribution is -2.39. The Morgan fingerprint density at radius 2 is 2.31 bits per heavy atom. The third-order valence-corrected chi connectivity index (χ3v) is 5.12. The van der Waals surface area contributed by atoms with Gasteiger partial charge in [0.1, 0.15) is 0 Å². The number of allylic oxidation sites excluding steroid dienone is 1. The van der Waals surface area contributed by atoms with E-state index in [1.54, 1.807) is 12.0 Å². The van der Waals surface area contributed by atoms with Crippen molar-refractivity contribution in [3.8, 4) is 0 Å². The normalized spacial score (nSPS) is 39.1. The summed E-state index contributed by atoms with van der Waals surface area (Å²) in [5.74, 6) is 3.11. The second kappa shape index (κ2) is 4.52. The fraction of sp³-hybridized carbons (Fsp3) is 0.867. The topological polar surface area (TPSA) is 12.0 Å². The van der Waals surface area contributed by atoms with E-state index in [9.17, 15) is 0 Å². The molecule has 0 aliphatic heterocycles. The molecule has 3 aliphatic rings. The molecule has 0 radical (unpaired) electrons. The SMILES string of the molecule is CCNC(C1=CCCC1)C1CC2CCC1C2. The van der Waals surface area contributed by atoms with Crippen LogP contribution in [0.15, 0.2) is 11.6 Å². The minimum atomic E-state index is 0.739. The largest absolute Gasteiger partial charge is 0.310 e. The van der Waals surface area contributed by atoms with E-state index >= 15 is 0 Å². The van der Waals surface area contributed by atoms with E-state index in [0.717, 1.165) is 30.3 Å². The summed E-state index contributed by atoms with van der Waals surface area (Å²) in [5.41, 5.74) is 1.75. The van der Waals surface area contributed by atoms with Crippen LogP contribution >= 0.6 is 0 Å². The van der Waals surface area contributed by atoms with Gasteiger partial charge in [-0.3, -0.25) is 0 Å². The highest BCUT2D eigenvalue weighted by atomic mass is 14.9. The van der Waals surface area contributed by atoms with Crippen LogP contribution in [0, 0.1) is 17.8 Å². The van der Waals surface area contributed by atoms with Crippen molar-refractivity contribution in [2.45, 2.75) is 57.9 Å². The van der Waals surface area contributed by atoms with Crippen molar-refractivity contribution in [2.75, 3.05) is 6.54 Å². The molecule has 0 spiro atoms. The minimum Gasteiger partial charge on any atom is -0.310 e. The van der Waals surface area contributed by atoms with Gasteiger partial charge in [0.15, 0.2) is 0 Å². The lowest BCUT2D eigenvalue weighted by atomic mass is 9.80. The maximum absolute atomic E-state index is 3.78.